The number of Topliss-reactive ketones (excluding diaryl/α,β-unsaturated/α-hetero) is 1. The lowest BCUT2D eigenvalue weighted by atomic mass is 9.72. The van der Waals surface area contributed by atoms with Gasteiger partial charge in [0.25, 0.3) is 0 Å². The number of aliphatic hydroxyl groups excluding tert-OH is 1. The third-order valence-corrected chi connectivity index (χ3v) is 6.69. The lowest BCUT2D eigenvalue weighted by Crippen LogP contribution is -2.51. The minimum absolute atomic E-state index is 0.0716. The van der Waals surface area contributed by atoms with E-state index in [-0.39, 0.29) is 23.7 Å². The minimum Gasteiger partial charge on any atom is -0.496 e. The van der Waals surface area contributed by atoms with Crippen molar-refractivity contribution in [2.24, 2.45) is 11.8 Å². The molecule has 0 radical (unpaired) electrons. The van der Waals surface area contributed by atoms with Crippen molar-refractivity contribution in [3.63, 3.8) is 0 Å². The Kier molecular flexibility index (Phi) is 6.57. The average molecular weight is 426 g/mol. The number of ketones is 1. The van der Waals surface area contributed by atoms with Gasteiger partial charge in [0.05, 0.1) is 23.9 Å². The summed E-state index contributed by atoms with van der Waals surface area (Å²) >= 11 is 6.32. The molecule has 0 bridgehead atoms. The Morgan fingerprint density at radius 1 is 1.10 bits per heavy atom. The molecule has 2 aromatic carbocycles. The van der Waals surface area contributed by atoms with Crippen molar-refractivity contribution in [2.75, 3.05) is 13.1 Å². The smallest absolute Gasteiger partial charge is 0.173 e. The van der Waals surface area contributed by atoms with Crippen LogP contribution in [0.15, 0.2) is 60.9 Å². The van der Waals surface area contributed by atoms with Crippen LogP contribution < -0.4 is 0 Å². The monoisotopic (exact) mass is 425 g/mol. The van der Waals surface area contributed by atoms with Crippen LogP contribution in [0.3, 0.4) is 0 Å². The number of hydrogen-bond acceptors (Lipinski definition) is 4. The number of aliphatic hydroxyl groups is 1. The maximum atomic E-state index is 13.3. The van der Waals surface area contributed by atoms with E-state index in [9.17, 15) is 9.90 Å². The summed E-state index contributed by atoms with van der Waals surface area (Å²) in [6.07, 6.45) is 2.02. The Hall–Kier alpha value is -2.14. The molecule has 1 aliphatic heterocycles. The lowest BCUT2D eigenvalue weighted by molar-refractivity contribution is -0.133. The lowest BCUT2D eigenvalue weighted by Gasteiger charge is -2.43. The van der Waals surface area contributed by atoms with E-state index in [2.05, 4.69) is 24.0 Å². The number of fused-ring (bicyclic) bond motifs is 1. The van der Waals surface area contributed by atoms with Gasteiger partial charge in [0.2, 0.25) is 0 Å². The highest BCUT2D eigenvalue weighted by Gasteiger charge is 2.46. The average Bonchev–Trinajstić information content (AvgIpc) is 2.76. The van der Waals surface area contributed by atoms with Crippen molar-refractivity contribution in [1.82, 2.24) is 4.90 Å². The Balaban J connectivity index is 1.54. The van der Waals surface area contributed by atoms with Crippen LogP contribution in [-0.4, -0.2) is 41.1 Å². The molecule has 1 aliphatic carbocycles. The van der Waals surface area contributed by atoms with E-state index in [1.54, 1.807) is 12.3 Å². The Morgan fingerprint density at radius 2 is 1.83 bits per heavy atom. The first-order valence-corrected chi connectivity index (χ1v) is 11.1. The molecule has 0 aromatic heterocycles. The van der Waals surface area contributed by atoms with Gasteiger partial charge in [0.15, 0.2) is 5.78 Å². The van der Waals surface area contributed by atoms with Crippen LogP contribution in [-0.2, 0) is 16.1 Å². The second kappa shape index (κ2) is 9.34. The van der Waals surface area contributed by atoms with Gasteiger partial charge < -0.3 is 9.84 Å². The van der Waals surface area contributed by atoms with E-state index >= 15 is 0 Å². The summed E-state index contributed by atoms with van der Waals surface area (Å²) in [5.74, 6) is -0.284. The fourth-order valence-electron chi connectivity index (χ4n) is 4.67. The van der Waals surface area contributed by atoms with Crippen molar-refractivity contribution >= 4 is 23.0 Å². The van der Waals surface area contributed by atoms with Crippen LogP contribution in [0.4, 0.5) is 0 Å². The number of benzene rings is 2. The second-order valence-electron chi connectivity index (χ2n) is 8.20. The quantitative estimate of drug-likeness (QED) is 0.737. The maximum absolute atomic E-state index is 13.3. The van der Waals surface area contributed by atoms with Crippen molar-refractivity contribution in [1.29, 1.82) is 0 Å². The van der Waals surface area contributed by atoms with Gasteiger partial charge in [-0.3, -0.25) is 9.69 Å². The molecule has 0 amide bonds. The first kappa shape index (κ1) is 21.1. The topological polar surface area (TPSA) is 49.8 Å². The molecule has 0 saturated heterocycles. The van der Waals surface area contributed by atoms with Crippen molar-refractivity contribution in [3.05, 3.63) is 77.0 Å². The fourth-order valence-corrected chi connectivity index (χ4v) is 4.91. The zero-order chi connectivity index (χ0) is 21.1. The molecule has 1 heterocycles. The van der Waals surface area contributed by atoms with Gasteiger partial charge in [0, 0.05) is 29.6 Å². The highest BCUT2D eigenvalue weighted by atomic mass is 35.5. The molecule has 1 saturated carbocycles. The number of halogens is 1. The van der Waals surface area contributed by atoms with E-state index in [1.165, 1.54) is 5.56 Å². The first-order chi connectivity index (χ1) is 14.6. The van der Waals surface area contributed by atoms with Gasteiger partial charge in [-0.15, -0.1) is 0 Å². The zero-order valence-corrected chi connectivity index (χ0v) is 18.0. The molecule has 2 aliphatic rings. The zero-order valence-electron chi connectivity index (χ0n) is 17.2. The van der Waals surface area contributed by atoms with Gasteiger partial charge in [-0.1, -0.05) is 67.1 Å². The van der Waals surface area contributed by atoms with Crippen molar-refractivity contribution in [3.8, 4) is 0 Å². The predicted octanol–water partition coefficient (Wildman–Crippen LogP) is 4.56. The van der Waals surface area contributed by atoms with E-state index in [4.69, 9.17) is 16.3 Å². The molecule has 1 fully saturated rings. The summed E-state index contributed by atoms with van der Waals surface area (Å²) in [6, 6.07) is 17.7. The second-order valence-corrected chi connectivity index (χ2v) is 8.61. The number of carbonyl (C=O) groups is 1. The van der Waals surface area contributed by atoms with Gasteiger partial charge in [-0.25, -0.2) is 0 Å². The van der Waals surface area contributed by atoms with Crippen LogP contribution in [0.5, 0.6) is 0 Å². The number of nitrogens with zero attached hydrogens (tertiary/aromatic N) is 1. The number of rotatable bonds is 6. The Bertz CT molecular complexity index is 914. The molecule has 0 spiro atoms. The van der Waals surface area contributed by atoms with E-state index in [1.807, 2.05) is 36.4 Å². The number of allylic oxidation sites excluding steroid dienone is 1. The van der Waals surface area contributed by atoms with E-state index in [0.717, 1.165) is 13.1 Å². The minimum atomic E-state index is -0.473. The summed E-state index contributed by atoms with van der Waals surface area (Å²) in [5.41, 5.74) is 2.49. The van der Waals surface area contributed by atoms with Crippen LogP contribution in [0.1, 0.15) is 30.9 Å². The summed E-state index contributed by atoms with van der Waals surface area (Å²) in [6.45, 7) is 4.49. The molecule has 5 heteroatoms. The van der Waals surface area contributed by atoms with Crippen LogP contribution in [0.25, 0.3) is 5.57 Å². The number of carbonyl (C=O) groups excluding carboxylic acids is 1. The maximum Gasteiger partial charge on any atom is 0.173 e. The number of ether oxygens (including phenoxy) is 1. The number of hydrogen-bond donors (Lipinski definition) is 1. The molecule has 4 unspecified atom stereocenters. The van der Waals surface area contributed by atoms with Gasteiger partial charge >= 0.3 is 0 Å². The van der Waals surface area contributed by atoms with Gasteiger partial charge in [0.1, 0.15) is 6.10 Å². The summed E-state index contributed by atoms with van der Waals surface area (Å²) in [7, 11) is 0. The van der Waals surface area contributed by atoms with Crippen molar-refractivity contribution < 1.29 is 14.6 Å². The predicted molar refractivity (Wildman–Crippen MR) is 119 cm³/mol. The Labute approximate surface area is 183 Å². The van der Waals surface area contributed by atoms with E-state index < -0.39 is 6.10 Å². The first-order valence-electron chi connectivity index (χ1n) is 10.7. The molecule has 1 N–H and O–H groups in total. The Morgan fingerprint density at radius 3 is 2.57 bits per heavy atom. The summed E-state index contributed by atoms with van der Waals surface area (Å²) < 4.78 is 6.12. The summed E-state index contributed by atoms with van der Waals surface area (Å²) in [5, 5.41) is 11.3. The molecule has 4 nitrogen and oxygen atoms in total. The molecule has 4 rings (SSSR count). The van der Waals surface area contributed by atoms with E-state index in [0.29, 0.717) is 35.5 Å². The highest BCUT2D eigenvalue weighted by Crippen LogP contribution is 2.40. The third kappa shape index (κ3) is 4.31. The standard InChI is InChI=1S/C25H28ClNO3/c1-2-27(14-17-8-4-3-5-9-17)15-20-23(28)13-12-19-24(29)21(16-30-25(19)20)18-10-6-7-11-22(18)26/h3-11,16,19-20,23,25,28H,2,12-15H2,1H3. The molecule has 2 aromatic rings. The SMILES string of the molecule is CCN(Cc1ccccc1)CC1C(O)CCC2C(=O)C(c3ccccc3Cl)=COC21. The van der Waals surface area contributed by atoms with Crippen LogP contribution >= 0.6 is 11.6 Å². The fraction of sp³-hybridized carbons (Fsp3) is 0.400. The molecule has 4 atom stereocenters. The van der Waals surface area contributed by atoms with Gasteiger partial charge in [-0.05, 0) is 31.0 Å². The van der Waals surface area contributed by atoms with Crippen molar-refractivity contribution in [2.45, 2.75) is 38.5 Å². The normalized spacial score (nSPS) is 26.1. The largest absolute Gasteiger partial charge is 0.496 e. The summed E-state index contributed by atoms with van der Waals surface area (Å²) in [4.78, 5) is 15.6. The molecular weight excluding hydrogens is 398 g/mol. The van der Waals surface area contributed by atoms with Gasteiger partial charge in [-0.2, -0.15) is 0 Å². The third-order valence-electron chi connectivity index (χ3n) is 6.36. The molecule has 158 valence electrons. The molecular formula is C25H28ClNO3. The highest BCUT2D eigenvalue weighted by molar-refractivity contribution is 6.35. The molecule has 30 heavy (non-hydrogen) atoms. The van der Waals surface area contributed by atoms with Crippen LogP contribution in [0.2, 0.25) is 5.02 Å². The van der Waals surface area contributed by atoms with Crippen LogP contribution in [0, 0.1) is 11.8 Å².